The minimum atomic E-state index is -0.267. The van der Waals surface area contributed by atoms with E-state index in [0.29, 0.717) is 10.6 Å². The maximum atomic E-state index is 12.0. The molecule has 0 bridgehead atoms. The average Bonchev–Trinajstić information content (AvgIpc) is 2.58. The monoisotopic (exact) mass is 330 g/mol. The summed E-state index contributed by atoms with van der Waals surface area (Å²) in [7, 11) is 1.65. The highest BCUT2D eigenvalue weighted by molar-refractivity contribution is 6.30. The third-order valence-electron chi connectivity index (χ3n) is 3.37. The number of methoxy groups -OCH3 is 1. The lowest BCUT2D eigenvalue weighted by molar-refractivity contribution is 0.0954. The van der Waals surface area contributed by atoms with Crippen molar-refractivity contribution >= 4 is 23.2 Å². The molecule has 0 spiro atoms. The summed E-state index contributed by atoms with van der Waals surface area (Å²) in [5, 5.41) is 4.65. The number of nitrogens with one attached hydrogen (secondary N) is 1. The number of amides is 1. The largest absolute Gasteiger partial charge is 0.497 e. The van der Waals surface area contributed by atoms with Gasteiger partial charge in [0.2, 0.25) is 0 Å². The van der Waals surface area contributed by atoms with Gasteiger partial charge in [-0.15, -0.1) is 0 Å². The molecule has 0 fully saturated rings. The van der Waals surface area contributed by atoms with Crippen LogP contribution in [0, 0.1) is 0 Å². The SMILES string of the molecule is COc1ccc(CC/C(C)=N\NC(=O)c2cccc(Cl)c2)cc1. The molecule has 0 atom stereocenters. The van der Waals surface area contributed by atoms with E-state index in [0.717, 1.165) is 24.3 Å². The summed E-state index contributed by atoms with van der Waals surface area (Å²) in [4.78, 5) is 12.0. The second-order valence-corrected chi connectivity index (χ2v) is 5.58. The van der Waals surface area contributed by atoms with Crippen molar-refractivity contribution in [3.8, 4) is 5.75 Å². The van der Waals surface area contributed by atoms with Crippen molar-refractivity contribution in [1.82, 2.24) is 5.43 Å². The van der Waals surface area contributed by atoms with Gasteiger partial charge in [0, 0.05) is 16.3 Å². The number of benzene rings is 2. The molecule has 0 radical (unpaired) electrons. The molecular weight excluding hydrogens is 312 g/mol. The Morgan fingerprint density at radius 1 is 1.22 bits per heavy atom. The van der Waals surface area contributed by atoms with Crippen molar-refractivity contribution in [3.63, 3.8) is 0 Å². The van der Waals surface area contributed by atoms with Crippen molar-refractivity contribution in [3.05, 3.63) is 64.7 Å². The van der Waals surface area contributed by atoms with Gasteiger partial charge in [0.05, 0.1) is 7.11 Å². The lowest BCUT2D eigenvalue weighted by atomic mass is 10.1. The van der Waals surface area contributed by atoms with Crippen molar-refractivity contribution in [2.45, 2.75) is 19.8 Å². The summed E-state index contributed by atoms with van der Waals surface area (Å²) in [6.45, 7) is 1.89. The van der Waals surface area contributed by atoms with Crippen LogP contribution in [0.4, 0.5) is 0 Å². The van der Waals surface area contributed by atoms with E-state index >= 15 is 0 Å². The number of hydrogen-bond donors (Lipinski definition) is 1. The van der Waals surface area contributed by atoms with Crippen LogP contribution in [0.3, 0.4) is 0 Å². The number of aryl methyl sites for hydroxylation is 1. The Morgan fingerprint density at radius 2 is 1.96 bits per heavy atom. The number of carbonyl (C=O) groups is 1. The quantitative estimate of drug-likeness (QED) is 0.640. The molecule has 0 aliphatic rings. The minimum absolute atomic E-state index is 0.267. The molecule has 0 saturated heterocycles. The van der Waals surface area contributed by atoms with E-state index in [1.54, 1.807) is 31.4 Å². The molecule has 0 aliphatic carbocycles. The van der Waals surface area contributed by atoms with Crippen LogP contribution in [-0.2, 0) is 6.42 Å². The Hall–Kier alpha value is -2.33. The van der Waals surface area contributed by atoms with Gasteiger partial charge >= 0.3 is 0 Å². The van der Waals surface area contributed by atoms with Crippen LogP contribution in [0.2, 0.25) is 5.02 Å². The molecule has 0 heterocycles. The number of ether oxygens (including phenoxy) is 1. The van der Waals surface area contributed by atoms with Crippen LogP contribution >= 0.6 is 11.6 Å². The molecule has 1 N–H and O–H groups in total. The summed E-state index contributed by atoms with van der Waals surface area (Å²) < 4.78 is 5.13. The third-order valence-corrected chi connectivity index (χ3v) is 3.60. The summed E-state index contributed by atoms with van der Waals surface area (Å²) in [6.07, 6.45) is 1.62. The Bertz CT molecular complexity index is 696. The third kappa shape index (κ3) is 5.42. The first-order chi connectivity index (χ1) is 11.1. The predicted molar refractivity (Wildman–Crippen MR) is 93.3 cm³/mol. The zero-order valence-corrected chi connectivity index (χ0v) is 13.9. The number of halogens is 1. The van der Waals surface area contributed by atoms with Crippen LogP contribution in [0.15, 0.2) is 53.6 Å². The van der Waals surface area contributed by atoms with Gasteiger partial charge < -0.3 is 4.74 Å². The van der Waals surface area contributed by atoms with Gasteiger partial charge in [-0.05, 0) is 55.7 Å². The van der Waals surface area contributed by atoms with Gasteiger partial charge in [-0.1, -0.05) is 29.8 Å². The van der Waals surface area contributed by atoms with Gasteiger partial charge in [-0.3, -0.25) is 4.79 Å². The van der Waals surface area contributed by atoms with E-state index < -0.39 is 0 Å². The van der Waals surface area contributed by atoms with Crippen molar-refractivity contribution in [2.24, 2.45) is 5.10 Å². The van der Waals surface area contributed by atoms with Crippen LogP contribution in [-0.4, -0.2) is 18.7 Å². The van der Waals surface area contributed by atoms with Crippen molar-refractivity contribution in [2.75, 3.05) is 7.11 Å². The smallest absolute Gasteiger partial charge is 0.271 e. The zero-order chi connectivity index (χ0) is 16.7. The van der Waals surface area contributed by atoms with Gasteiger partial charge in [0.15, 0.2) is 0 Å². The molecular formula is C18H19ClN2O2. The first-order valence-electron chi connectivity index (χ1n) is 7.30. The molecule has 2 aromatic carbocycles. The van der Waals surface area contributed by atoms with Gasteiger partial charge in [-0.25, -0.2) is 5.43 Å². The molecule has 2 aromatic rings. The molecule has 0 aromatic heterocycles. The minimum Gasteiger partial charge on any atom is -0.497 e. The van der Waals surface area contributed by atoms with Crippen molar-refractivity contribution < 1.29 is 9.53 Å². The summed E-state index contributed by atoms with van der Waals surface area (Å²) in [5.41, 5.74) is 5.09. The summed E-state index contributed by atoms with van der Waals surface area (Å²) in [5.74, 6) is 0.573. The van der Waals surface area contributed by atoms with E-state index in [2.05, 4.69) is 10.5 Å². The molecule has 0 unspecified atom stereocenters. The summed E-state index contributed by atoms with van der Waals surface area (Å²) in [6, 6.07) is 14.7. The second kappa shape index (κ2) is 8.34. The van der Waals surface area contributed by atoms with Crippen LogP contribution in [0.1, 0.15) is 29.3 Å². The molecule has 2 rings (SSSR count). The lowest BCUT2D eigenvalue weighted by Crippen LogP contribution is -2.19. The highest BCUT2D eigenvalue weighted by Crippen LogP contribution is 2.13. The van der Waals surface area contributed by atoms with E-state index in [-0.39, 0.29) is 5.91 Å². The van der Waals surface area contributed by atoms with Crippen LogP contribution in [0.5, 0.6) is 5.75 Å². The highest BCUT2D eigenvalue weighted by atomic mass is 35.5. The Balaban J connectivity index is 1.86. The number of carbonyl (C=O) groups excluding carboxylic acids is 1. The van der Waals surface area contributed by atoms with E-state index in [1.165, 1.54) is 5.56 Å². The number of rotatable bonds is 6. The zero-order valence-electron chi connectivity index (χ0n) is 13.2. The highest BCUT2D eigenvalue weighted by Gasteiger charge is 2.05. The van der Waals surface area contributed by atoms with E-state index in [1.807, 2.05) is 31.2 Å². The van der Waals surface area contributed by atoms with Crippen LogP contribution in [0.25, 0.3) is 0 Å². The lowest BCUT2D eigenvalue weighted by Gasteiger charge is -2.05. The molecule has 0 aliphatic heterocycles. The average molecular weight is 331 g/mol. The van der Waals surface area contributed by atoms with Gasteiger partial charge in [-0.2, -0.15) is 5.10 Å². The van der Waals surface area contributed by atoms with Crippen LogP contribution < -0.4 is 10.2 Å². The normalized spacial score (nSPS) is 11.2. The van der Waals surface area contributed by atoms with Crippen molar-refractivity contribution in [1.29, 1.82) is 0 Å². The number of nitrogens with zero attached hydrogens (tertiary/aromatic N) is 1. The first-order valence-corrected chi connectivity index (χ1v) is 7.68. The fraction of sp³-hybridized carbons (Fsp3) is 0.222. The second-order valence-electron chi connectivity index (χ2n) is 5.15. The number of hydrazone groups is 1. The molecule has 0 saturated carbocycles. The topological polar surface area (TPSA) is 50.7 Å². The molecule has 4 nitrogen and oxygen atoms in total. The maximum Gasteiger partial charge on any atom is 0.271 e. The molecule has 23 heavy (non-hydrogen) atoms. The predicted octanol–water partition coefficient (Wildman–Crippen LogP) is 4.09. The number of hydrogen-bond acceptors (Lipinski definition) is 3. The Morgan fingerprint density at radius 3 is 2.61 bits per heavy atom. The Kier molecular flexibility index (Phi) is 6.18. The van der Waals surface area contributed by atoms with Gasteiger partial charge in [0.1, 0.15) is 5.75 Å². The summed E-state index contributed by atoms with van der Waals surface area (Å²) >= 11 is 5.87. The standard InChI is InChI=1S/C18H19ClN2O2/c1-13(6-7-14-8-10-17(23-2)11-9-14)20-21-18(22)15-4-3-5-16(19)12-15/h3-5,8-12H,6-7H2,1-2H3,(H,21,22)/b20-13-. The van der Waals surface area contributed by atoms with Gasteiger partial charge in [0.25, 0.3) is 5.91 Å². The van der Waals surface area contributed by atoms with E-state index in [9.17, 15) is 4.79 Å². The van der Waals surface area contributed by atoms with E-state index in [4.69, 9.17) is 16.3 Å². The Labute approximate surface area is 141 Å². The fourth-order valence-corrected chi connectivity index (χ4v) is 2.20. The molecule has 5 heteroatoms. The fourth-order valence-electron chi connectivity index (χ4n) is 2.01. The maximum absolute atomic E-state index is 12.0. The first kappa shape index (κ1) is 17.0. The molecule has 120 valence electrons. The molecule has 1 amide bonds.